The maximum absolute atomic E-state index is 12.4. The Labute approximate surface area is 132 Å². The molecule has 0 bridgehead atoms. The van der Waals surface area contributed by atoms with Crippen LogP contribution < -0.4 is 0 Å². The minimum Gasteiger partial charge on any atom is -0.465 e. The Kier molecular flexibility index (Phi) is 4.07. The number of benzene rings is 1. The minimum atomic E-state index is -1.75. The van der Waals surface area contributed by atoms with Crippen molar-refractivity contribution in [3.05, 3.63) is 34.3 Å². The van der Waals surface area contributed by atoms with E-state index in [0.717, 1.165) is 4.90 Å². The lowest BCUT2D eigenvalue weighted by Gasteiger charge is -2.32. The van der Waals surface area contributed by atoms with Crippen LogP contribution in [-0.4, -0.2) is 30.4 Å². The summed E-state index contributed by atoms with van der Waals surface area (Å²) in [5.41, 5.74) is -1.26. The van der Waals surface area contributed by atoms with E-state index in [1.807, 2.05) is 6.07 Å². The third-order valence-corrected chi connectivity index (χ3v) is 3.93. The summed E-state index contributed by atoms with van der Waals surface area (Å²) in [6, 6.07) is 8.19. The monoisotopic (exact) mass is 317 g/mol. The van der Waals surface area contributed by atoms with Crippen molar-refractivity contribution in [1.82, 2.24) is 4.90 Å². The molecule has 2 unspecified atom stereocenters. The van der Waals surface area contributed by atoms with Gasteiger partial charge in [0.05, 0.1) is 18.7 Å². The Balaban J connectivity index is 2.72. The summed E-state index contributed by atoms with van der Waals surface area (Å²) in [5, 5.41) is 19.4. The van der Waals surface area contributed by atoms with E-state index >= 15 is 0 Å². The molecule has 0 fully saturated rings. The molecule has 7 heteroatoms. The first-order valence-electron chi connectivity index (χ1n) is 6.49. The number of carbonyl (C=O) groups excluding carboxylic acids is 2. The smallest absolute Gasteiger partial charge is 0.327 e. The van der Waals surface area contributed by atoms with E-state index in [9.17, 15) is 20.1 Å². The van der Waals surface area contributed by atoms with Crippen molar-refractivity contribution in [3.63, 3.8) is 0 Å². The number of hydrogen-bond donors (Lipinski definition) is 0. The fraction of sp³-hybridized carbons (Fsp3) is 0.333. The molecule has 0 N–H and O–H groups in total. The molecule has 1 aliphatic rings. The lowest BCUT2D eigenvalue weighted by Crippen LogP contribution is -2.49. The van der Waals surface area contributed by atoms with Crippen LogP contribution in [0.4, 0.5) is 0 Å². The molecule has 112 valence electrons. The molecule has 2 rings (SSSR count). The molecule has 22 heavy (non-hydrogen) atoms. The van der Waals surface area contributed by atoms with Gasteiger partial charge in [0, 0.05) is 23.2 Å². The highest BCUT2D eigenvalue weighted by molar-refractivity contribution is 6.30. The molecule has 1 heterocycles. The highest BCUT2D eigenvalue weighted by Crippen LogP contribution is 2.44. The third kappa shape index (κ3) is 2.01. The van der Waals surface area contributed by atoms with E-state index in [-0.39, 0.29) is 17.7 Å². The standard InChI is InChI=1S/C15H12ClN3O3/c1-3-22-14(21)12(7-17)15(8-18)11-6-9(16)4-5-10(11)13(20)19(15)2/h4-6,12H,3H2,1-2H3. The number of esters is 1. The maximum Gasteiger partial charge on any atom is 0.327 e. The predicted molar refractivity (Wildman–Crippen MR) is 76.6 cm³/mol. The predicted octanol–water partition coefficient (Wildman–Crippen LogP) is 1.85. The van der Waals surface area contributed by atoms with Crippen LogP contribution in [0.2, 0.25) is 5.02 Å². The number of amides is 1. The van der Waals surface area contributed by atoms with Crippen molar-refractivity contribution < 1.29 is 14.3 Å². The second kappa shape index (κ2) is 5.67. The zero-order valence-corrected chi connectivity index (χ0v) is 12.7. The average Bonchev–Trinajstić information content (AvgIpc) is 2.70. The van der Waals surface area contributed by atoms with Crippen molar-refractivity contribution in [3.8, 4) is 12.1 Å². The van der Waals surface area contributed by atoms with Crippen LogP contribution in [0, 0.1) is 28.6 Å². The first-order valence-corrected chi connectivity index (χ1v) is 6.87. The number of fused-ring (bicyclic) bond motifs is 1. The van der Waals surface area contributed by atoms with Crippen LogP contribution in [0.15, 0.2) is 18.2 Å². The number of halogens is 1. The van der Waals surface area contributed by atoms with E-state index in [0.29, 0.717) is 5.02 Å². The van der Waals surface area contributed by atoms with E-state index in [1.165, 1.54) is 25.2 Å². The molecular formula is C15H12ClN3O3. The number of hydrogen-bond acceptors (Lipinski definition) is 5. The van der Waals surface area contributed by atoms with Crippen LogP contribution in [0.1, 0.15) is 22.8 Å². The summed E-state index contributed by atoms with van der Waals surface area (Å²) < 4.78 is 4.88. The highest BCUT2D eigenvalue weighted by Gasteiger charge is 2.57. The van der Waals surface area contributed by atoms with E-state index in [1.54, 1.807) is 13.0 Å². The number of ether oxygens (including phenoxy) is 1. The Morgan fingerprint density at radius 3 is 2.73 bits per heavy atom. The quantitative estimate of drug-likeness (QED) is 0.793. The lowest BCUT2D eigenvalue weighted by molar-refractivity contribution is -0.149. The van der Waals surface area contributed by atoms with Crippen molar-refractivity contribution in [2.24, 2.45) is 5.92 Å². The fourth-order valence-corrected chi connectivity index (χ4v) is 2.80. The lowest BCUT2D eigenvalue weighted by atomic mass is 9.79. The first-order chi connectivity index (χ1) is 10.4. The van der Waals surface area contributed by atoms with Gasteiger partial charge in [-0.1, -0.05) is 11.6 Å². The molecule has 2 atom stereocenters. The molecule has 6 nitrogen and oxygen atoms in total. The summed E-state index contributed by atoms with van der Waals surface area (Å²) in [6.07, 6.45) is 0. The number of nitriles is 2. The van der Waals surface area contributed by atoms with Crippen molar-refractivity contribution >= 4 is 23.5 Å². The molecule has 1 aliphatic heterocycles. The summed E-state index contributed by atoms with van der Waals surface area (Å²) in [7, 11) is 1.38. The van der Waals surface area contributed by atoms with Gasteiger partial charge in [-0.25, -0.2) is 0 Å². The molecule has 1 amide bonds. The molecule has 0 aromatic heterocycles. The van der Waals surface area contributed by atoms with Gasteiger partial charge in [-0.15, -0.1) is 0 Å². The van der Waals surface area contributed by atoms with Gasteiger partial charge in [-0.05, 0) is 25.1 Å². The zero-order valence-electron chi connectivity index (χ0n) is 12.0. The van der Waals surface area contributed by atoms with Gasteiger partial charge in [0.2, 0.25) is 0 Å². The van der Waals surface area contributed by atoms with Gasteiger partial charge in [0.25, 0.3) is 5.91 Å². The number of carbonyl (C=O) groups is 2. The molecule has 0 saturated carbocycles. The fourth-order valence-electron chi connectivity index (χ4n) is 2.63. The Hall–Kier alpha value is -2.57. The minimum absolute atomic E-state index is 0.0680. The van der Waals surface area contributed by atoms with Gasteiger partial charge in [0.15, 0.2) is 11.5 Å². The topological polar surface area (TPSA) is 94.2 Å². The Morgan fingerprint density at radius 1 is 1.50 bits per heavy atom. The van der Waals surface area contributed by atoms with Gasteiger partial charge in [-0.3, -0.25) is 9.59 Å². The van der Waals surface area contributed by atoms with Crippen molar-refractivity contribution in [1.29, 1.82) is 10.5 Å². The van der Waals surface area contributed by atoms with Crippen LogP contribution >= 0.6 is 11.6 Å². The van der Waals surface area contributed by atoms with Crippen LogP contribution in [0.25, 0.3) is 0 Å². The van der Waals surface area contributed by atoms with E-state index in [4.69, 9.17) is 16.3 Å². The summed E-state index contributed by atoms with van der Waals surface area (Å²) in [5.74, 6) is -2.76. The van der Waals surface area contributed by atoms with E-state index < -0.39 is 23.3 Å². The third-order valence-electron chi connectivity index (χ3n) is 3.70. The van der Waals surface area contributed by atoms with Gasteiger partial charge in [-0.2, -0.15) is 10.5 Å². The normalized spacial score (nSPS) is 20.8. The molecule has 1 aromatic carbocycles. The van der Waals surface area contributed by atoms with Crippen molar-refractivity contribution in [2.45, 2.75) is 12.5 Å². The van der Waals surface area contributed by atoms with Crippen molar-refractivity contribution in [2.75, 3.05) is 13.7 Å². The molecule has 1 aromatic rings. The maximum atomic E-state index is 12.4. The molecule has 0 spiro atoms. The van der Waals surface area contributed by atoms with Gasteiger partial charge in [0.1, 0.15) is 0 Å². The SMILES string of the molecule is CCOC(=O)C(C#N)C1(C#N)c2cc(Cl)ccc2C(=O)N1C. The highest BCUT2D eigenvalue weighted by atomic mass is 35.5. The number of rotatable bonds is 3. The summed E-state index contributed by atoms with van der Waals surface area (Å²) in [4.78, 5) is 25.6. The molecule has 0 saturated heterocycles. The van der Waals surface area contributed by atoms with Crippen LogP contribution in [0.3, 0.4) is 0 Å². The Morgan fingerprint density at radius 2 is 2.18 bits per heavy atom. The van der Waals surface area contributed by atoms with Gasteiger partial charge >= 0.3 is 5.97 Å². The van der Waals surface area contributed by atoms with E-state index in [2.05, 4.69) is 0 Å². The summed E-state index contributed by atoms with van der Waals surface area (Å²) in [6.45, 7) is 1.66. The van der Waals surface area contributed by atoms with Crippen LogP contribution in [0.5, 0.6) is 0 Å². The molecule has 0 radical (unpaired) electrons. The number of nitrogens with zero attached hydrogens (tertiary/aromatic N) is 3. The molecule has 0 aliphatic carbocycles. The summed E-state index contributed by atoms with van der Waals surface area (Å²) >= 11 is 5.95. The second-order valence-electron chi connectivity index (χ2n) is 4.75. The first kappa shape index (κ1) is 15.8. The largest absolute Gasteiger partial charge is 0.465 e. The average molecular weight is 318 g/mol. The second-order valence-corrected chi connectivity index (χ2v) is 5.18. The van der Waals surface area contributed by atoms with Gasteiger partial charge < -0.3 is 9.64 Å². The van der Waals surface area contributed by atoms with Crippen LogP contribution in [-0.2, 0) is 15.1 Å². The zero-order chi connectivity index (χ0) is 16.5. The Bertz CT molecular complexity index is 735. The molecular weight excluding hydrogens is 306 g/mol.